The van der Waals surface area contributed by atoms with E-state index in [1.54, 1.807) is 24.3 Å². The summed E-state index contributed by atoms with van der Waals surface area (Å²) in [7, 11) is 0. The van der Waals surface area contributed by atoms with Crippen LogP contribution >= 0.6 is 11.6 Å². The molecule has 0 saturated carbocycles. The van der Waals surface area contributed by atoms with Crippen LogP contribution in [0.3, 0.4) is 0 Å². The lowest BCUT2D eigenvalue weighted by Crippen LogP contribution is -2.32. The van der Waals surface area contributed by atoms with Crippen molar-refractivity contribution in [3.8, 4) is 0 Å². The number of benzene rings is 1. The van der Waals surface area contributed by atoms with Crippen LogP contribution in [0, 0.1) is 0 Å². The maximum atomic E-state index is 11.7. The first-order chi connectivity index (χ1) is 7.54. The number of rotatable bonds is 4. The van der Waals surface area contributed by atoms with Crippen LogP contribution in [0.1, 0.15) is 23.7 Å². The van der Waals surface area contributed by atoms with Crippen molar-refractivity contribution < 1.29 is 4.79 Å². The molecular formula is C12H15ClN2O. The highest BCUT2D eigenvalue weighted by molar-refractivity contribution is 6.33. The monoisotopic (exact) mass is 238 g/mol. The predicted octanol–water partition coefficient (Wildman–Crippen LogP) is 2.62. The van der Waals surface area contributed by atoms with Crippen molar-refractivity contribution in [2.45, 2.75) is 19.4 Å². The molecule has 0 aliphatic rings. The number of hydrogen-bond donors (Lipinski definition) is 2. The Bertz CT molecular complexity index is 404. The first kappa shape index (κ1) is 12.6. The van der Waals surface area contributed by atoms with Gasteiger partial charge in [0.1, 0.15) is 0 Å². The second kappa shape index (κ2) is 5.56. The highest BCUT2D eigenvalue weighted by atomic mass is 35.5. The highest BCUT2D eigenvalue weighted by Gasteiger charge is 2.09. The Labute approximate surface area is 100 Å². The summed E-state index contributed by atoms with van der Waals surface area (Å²) in [4.78, 5) is 11.7. The van der Waals surface area contributed by atoms with Gasteiger partial charge in [0.2, 0.25) is 0 Å². The molecule has 0 aromatic heterocycles. The molecule has 1 rings (SSSR count). The third-order valence-corrected chi connectivity index (χ3v) is 2.49. The van der Waals surface area contributed by atoms with Crippen LogP contribution in [0.4, 0.5) is 5.69 Å². The van der Waals surface area contributed by atoms with Gasteiger partial charge in [-0.25, -0.2) is 0 Å². The molecule has 0 aliphatic carbocycles. The summed E-state index contributed by atoms with van der Waals surface area (Å²) in [5, 5.41) is 3.23. The minimum Gasteiger partial charge on any atom is -0.398 e. The number of hydrogen-bond acceptors (Lipinski definition) is 2. The molecule has 4 heteroatoms. The van der Waals surface area contributed by atoms with Gasteiger partial charge in [-0.15, -0.1) is 6.58 Å². The first-order valence-corrected chi connectivity index (χ1v) is 5.39. The molecule has 0 saturated heterocycles. The van der Waals surface area contributed by atoms with Gasteiger partial charge in [-0.2, -0.15) is 0 Å². The number of anilines is 1. The van der Waals surface area contributed by atoms with Gasteiger partial charge in [-0.05, 0) is 31.5 Å². The summed E-state index contributed by atoms with van der Waals surface area (Å²) >= 11 is 5.83. The molecule has 3 nitrogen and oxygen atoms in total. The van der Waals surface area contributed by atoms with Crippen LogP contribution in [0.25, 0.3) is 0 Å². The molecule has 0 bridgehead atoms. The Hall–Kier alpha value is -1.48. The number of carbonyl (C=O) groups is 1. The van der Waals surface area contributed by atoms with Gasteiger partial charge in [0, 0.05) is 11.6 Å². The van der Waals surface area contributed by atoms with Gasteiger partial charge in [-0.1, -0.05) is 17.7 Å². The molecule has 0 spiro atoms. The number of carbonyl (C=O) groups excluding carboxylic acids is 1. The second-order valence-electron chi connectivity index (χ2n) is 3.64. The van der Waals surface area contributed by atoms with Gasteiger partial charge in [-0.3, -0.25) is 4.79 Å². The van der Waals surface area contributed by atoms with E-state index in [4.69, 9.17) is 17.3 Å². The van der Waals surface area contributed by atoms with Crippen LogP contribution in [0.15, 0.2) is 30.9 Å². The lowest BCUT2D eigenvalue weighted by molar-refractivity contribution is 0.0940. The molecule has 1 aromatic carbocycles. The molecule has 1 amide bonds. The lowest BCUT2D eigenvalue weighted by Gasteiger charge is -2.12. The van der Waals surface area contributed by atoms with E-state index in [-0.39, 0.29) is 11.9 Å². The van der Waals surface area contributed by atoms with Gasteiger partial charge < -0.3 is 11.1 Å². The number of halogens is 1. The molecule has 0 radical (unpaired) electrons. The van der Waals surface area contributed by atoms with Crippen molar-refractivity contribution in [1.29, 1.82) is 0 Å². The first-order valence-electron chi connectivity index (χ1n) is 5.01. The van der Waals surface area contributed by atoms with E-state index in [1.807, 2.05) is 6.92 Å². The minimum absolute atomic E-state index is 0.0568. The SMILES string of the molecule is C=CCC(C)NC(=O)c1ccc(N)c(Cl)c1. The Balaban J connectivity index is 2.73. The van der Waals surface area contributed by atoms with Crippen molar-refractivity contribution in [2.75, 3.05) is 5.73 Å². The van der Waals surface area contributed by atoms with Crippen molar-refractivity contribution in [3.63, 3.8) is 0 Å². The smallest absolute Gasteiger partial charge is 0.251 e. The van der Waals surface area contributed by atoms with Crippen molar-refractivity contribution in [2.24, 2.45) is 0 Å². The van der Waals surface area contributed by atoms with E-state index in [9.17, 15) is 4.79 Å². The summed E-state index contributed by atoms with van der Waals surface area (Å²) in [5.74, 6) is -0.156. The predicted molar refractivity (Wildman–Crippen MR) is 67.6 cm³/mol. The number of nitrogen functional groups attached to an aromatic ring is 1. The fourth-order valence-electron chi connectivity index (χ4n) is 1.28. The molecule has 0 heterocycles. The van der Waals surface area contributed by atoms with Gasteiger partial charge in [0.15, 0.2) is 0 Å². The largest absolute Gasteiger partial charge is 0.398 e. The van der Waals surface area contributed by atoms with Crippen LogP contribution in [0.2, 0.25) is 5.02 Å². The topological polar surface area (TPSA) is 55.1 Å². The zero-order valence-electron chi connectivity index (χ0n) is 9.16. The van der Waals surface area contributed by atoms with Crippen LogP contribution in [0.5, 0.6) is 0 Å². The van der Waals surface area contributed by atoms with E-state index in [2.05, 4.69) is 11.9 Å². The standard InChI is InChI=1S/C12H15ClN2O/c1-3-4-8(2)15-12(16)9-5-6-11(14)10(13)7-9/h3,5-8H,1,4,14H2,2H3,(H,15,16). The maximum Gasteiger partial charge on any atom is 0.251 e. The number of nitrogens with one attached hydrogen (secondary N) is 1. The molecule has 1 atom stereocenters. The Kier molecular flexibility index (Phi) is 4.38. The molecule has 16 heavy (non-hydrogen) atoms. The second-order valence-corrected chi connectivity index (χ2v) is 4.04. The molecule has 0 fully saturated rings. The molecule has 1 unspecified atom stereocenters. The van der Waals surface area contributed by atoms with Crippen LogP contribution in [-0.2, 0) is 0 Å². The zero-order valence-corrected chi connectivity index (χ0v) is 9.92. The van der Waals surface area contributed by atoms with Crippen molar-refractivity contribution >= 4 is 23.2 Å². The van der Waals surface area contributed by atoms with E-state index in [1.165, 1.54) is 0 Å². The zero-order chi connectivity index (χ0) is 12.1. The number of nitrogens with two attached hydrogens (primary N) is 1. The normalized spacial score (nSPS) is 11.9. The van der Waals surface area contributed by atoms with Crippen molar-refractivity contribution in [3.05, 3.63) is 41.4 Å². The highest BCUT2D eigenvalue weighted by Crippen LogP contribution is 2.19. The lowest BCUT2D eigenvalue weighted by atomic mass is 10.1. The molecule has 86 valence electrons. The Morgan fingerprint density at radius 3 is 2.94 bits per heavy atom. The van der Waals surface area contributed by atoms with Crippen molar-refractivity contribution in [1.82, 2.24) is 5.32 Å². The summed E-state index contributed by atoms with van der Waals surface area (Å²) in [6.45, 7) is 5.53. The van der Waals surface area contributed by atoms with E-state index in [0.29, 0.717) is 16.3 Å². The fraction of sp³-hybridized carbons (Fsp3) is 0.250. The van der Waals surface area contributed by atoms with E-state index < -0.39 is 0 Å². The Morgan fingerprint density at radius 2 is 2.38 bits per heavy atom. The van der Waals surface area contributed by atoms with Gasteiger partial charge in [0.05, 0.1) is 10.7 Å². The molecular weight excluding hydrogens is 224 g/mol. The quantitative estimate of drug-likeness (QED) is 0.626. The number of amides is 1. The summed E-state index contributed by atoms with van der Waals surface area (Å²) in [6.07, 6.45) is 2.50. The summed E-state index contributed by atoms with van der Waals surface area (Å²) < 4.78 is 0. The van der Waals surface area contributed by atoms with Gasteiger partial charge >= 0.3 is 0 Å². The third-order valence-electron chi connectivity index (χ3n) is 2.16. The molecule has 3 N–H and O–H groups in total. The van der Waals surface area contributed by atoms with Crippen LogP contribution in [-0.4, -0.2) is 11.9 Å². The minimum atomic E-state index is -0.156. The molecule has 0 aliphatic heterocycles. The average Bonchev–Trinajstić information content (AvgIpc) is 2.22. The van der Waals surface area contributed by atoms with E-state index in [0.717, 1.165) is 6.42 Å². The fourth-order valence-corrected chi connectivity index (χ4v) is 1.46. The third kappa shape index (κ3) is 3.28. The maximum absolute atomic E-state index is 11.7. The molecule has 1 aromatic rings. The average molecular weight is 239 g/mol. The van der Waals surface area contributed by atoms with Crippen LogP contribution < -0.4 is 11.1 Å². The summed E-state index contributed by atoms with van der Waals surface area (Å²) in [6, 6.07) is 4.89. The summed E-state index contributed by atoms with van der Waals surface area (Å²) in [5.41, 5.74) is 6.54. The van der Waals surface area contributed by atoms with E-state index >= 15 is 0 Å². The van der Waals surface area contributed by atoms with Gasteiger partial charge in [0.25, 0.3) is 5.91 Å². The Morgan fingerprint density at radius 1 is 1.69 bits per heavy atom.